The molecule has 2 aromatic rings. The van der Waals surface area contributed by atoms with Gasteiger partial charge in [-0.05, 0) is 30.2 Å². The maximum Gasteiger partial charge on any atom is 0.199 e. The van der Waals surface area contributed by atoms with Crippen LogP contribution in [0.5, 0.6) is 0 Å². The Morgan fingerprint density at radius 3 is 3.07 bits per heavy atom. The topological polar surface area (TPSA) is 68.0 Å². The summed E-state index contributed by atoms with van der Waals surface area (Å²) in [7, 11) is 0. The summed E-state index contributed by atoms with van der Waals surface area (Å²) in [4.78, 5) is 4.07. The molecule has 1 aliphatic rings. The lowest BCUT2D eigenvalue weighted by Gasteiger charge is -2.12. The van der Waals surface area contributed by atoms with Gasteiger partial charge in [-0.2, -0.15) is 4.52 Å². The van der Waals surface area contributed by atoms with Crippen LogP contribution in [0.4, 0.5) is 5.82 Å². The van der Waals surface area contributed by atoms with E-state index in [1.54, 1.807) is 16.9 Å². The number of anilines is 1. The van der Waals surface area contributed by atoms with Gasteiger partial charge in [0, 0.05) is 5.54 Å². The van der Waals surface area contributed by atoms with Crippen LogP contribution in [0.15, 0.2) is 12.4 Å². The van der Waals surface area contributed by atoms with Crippen LogP contribution in [-0.2, 0) is 0 Å². The summed E-state index contributed by atoms with van der Waals surface area (Å²) in [6.45, 7) is 2.18. The van der Waals surface area contributed by atoms with E-state index in [1.165, 1.54) is 12.8 Å². The number of hydrogen-bond acceptors (Lipinski definition) is 5. The second-order valence-corrected chi connectivity index (χ2v) is 3.93. The van der Waals surface area contributed by atoms with Crippen LogP contribution in [0, 0.1) is 0 Å². The predicted molar refractivity (Wildman–Crippen MR) is 49.8 cm³/mol. The Balaban J connectivity index is 2.06. The molecular weight excluding hydrogens is 180 g/mol. The van der Waals surface area contributed by atoms with Gasteiger partial charge in [-0.1, -0.05) is 0 Å². The first-order valence-corrected chi connectivity index (χ1v) is 4.57. The summed E-state index contributed by atoms with van der Waals surface area (Å²) in [6, 6.07) is 0. The highest BCUT2D eigenvalue weighted by atomic mass is 15.5. The van der Waals surface area contributed by atoms with E-state index >= 15 is 0 Å². The van der Waals surface area contributed by atoms with Crippen molar-refractivity contribution in [2.24, 2.45) is 0 Å². The van der Waals surface area contributed by atoms with Gasteiger partial charge in [-0.25, -0.2) is 0 Å². The summed E-state index contributed by atoms with van der Waals surface area (Å²) in [5.41, 5.74) is 0.876. The molecule has 6 heteroatoms. The maximum absolute atomic E-state index is 4.07. The van der Waals surface area contributed by atoms with Gasteiger partial charge in [0.25, 0.3) is 0 Å². The average Bonchev–Trinajstić information content (AvgIpc) is 2.73. The molecule has 0 spiro atoms. The number of aromatic nitrogens is 5. The Bertz CT molecular complexity index is 471. The molecule has 0 radical (unpaired) electrons. The van der Waals surface area contributed by atoms with Crippen molar-refractivity contribution in [3.63, 3.8) is 0 Å². The van der Waals surface area contributed by atoms with Gasteiger partial charge in [-0.15, -0.1) is 5.10 Å². The van der Waals surface area contributed by atoms with Gasteiger partial charge in [0.15, 0.2) is 11.5 Å². The number of fused-ring (bicyclic) bond motifs is 1. The van der Waals surface area contributed by atoms with Gasteiger partial charge in [0.1, 0.15) is 0 Å². The Hall–Kier alpha value is -1.72. The van der Waals surface area contributed by atoms with Crippen LogP contribution < -0.4 is 5.32 Å². The lowest BCUT2D eigenvalue weighted by Crippen LogP contribution is -2.18. The average molecular weight is 190 g/mol. The van der Waals surface area contributed by atoms with Crippen molar-refractivity contribution < 1.29 is 0 Å². The van der Waals surface area contributed by atoms with Crippen LogP contribution >= 0.6 is 0 Å². The number of nitrogens with one attached hydrogen (secondary N) is 1. The maximum atomic E-state index is 4.07. The second-order valence-electron chi connectivity index (χ2n) is 3.93. The first-order chi connectivity index (χ1) is 6.77. The minimum absolute atomic E-state index is 0.210. The quantitative estimate of drug-likeness (QED) is 0.746. The van der Waals surface area contributed by atoms with Gasteiger partial charge < -0.3 is 5.32 Å². The zero-order chi connectivity index (χ0) is 9.60. The molecular formula is C8H10N6. The minimum Gasteiger partial charge on any atom is -0.363 e. The molecule has 3 rings (SSSR count). The Morgan fingerprint density at radius 1 is 1.43 bits per heavy atom. The molecule has 1 saturated carbocycles. The van der Waals surface area contributed by atoms with Crippen LogP contribution in [0.2, 0.25) is 0 Å². The monoisotopic (exact) mass is 190 g/mol. The number of hydrogen-bond donors (Lipinski definition) is 1. The fourth-order valence-corrected chi connectivity index (χ4v) is 1.38. The van der Waals surface area contributed by atoms with Gasteiger partial charge >= 0.3 is 0 Å². The van der Waals surface area contributed by atoms with Gasteiger partial charge in [0.2, 0.25) is 0 Å². The molecule has 0 bridgehead atoms. The fourth-order valence-electron chi connectivity index (χ4n) is 1.38. The highest BCUT2D eigenvalue weighted by Gasteiger charge is 2.37. The van der Waals surface area contributed by atoms with Crippen LogP contribution in [0.3, 0.4) is 0 Å². The fraction of sp³-hybridized carbons (Fsp3) is 0.500. The zero-order valence-electron chi connectivity index (χ0n) is 7.80. The number of nitrogens with zero attached hydrogens (tertiary/aromatic N) is 5. The van der Waals surface area contributed by atoms with Crippen LogP contribution in [0.25, 0.3) is 5.65 Å². The van der Waals surface area contributed by atoms with E-state index in [4.69, 9.17) is 0 Å². The molecule has 1 fully saturated rings. The first kappa shape index (κ1) is 7.66. The SMILES string of the molecule is CC1(Nc2cncc3nnnn23)CC1. The molecule has 1 N–H and O–H groups in total. The normalized spacial score (nSPS) is 18.4. The molecule has 14 heavy (non-hydrogen) atoms. The lowest BCUT2D eigenvalue weighted by molar-refractivity contribution is 0.775. The van der Waals surface area contributed by atoms with Crippen LogP contribution in [0.1, 0.15) is 19.8 Å². The highest BCUT2D eigenvalue weighted by Crippen LogP contribution is 2.37. The summed E-state index contributed by atoms with van der Waals surface area (Å²) in [5, 5.41) is 14.7. The smallest absolute Gasteiger partial charge is 0.199 e. The first-order valence-electron chi connectivity index (χ1n) is 4.57. The third-order valence-corrected chi connectivity index (χ3v) is 2.54. The van der Waals surface area contributed by atoms with Crippen molar-refractivity contribution in [2.75, 3.05) is 5.32 Å². The number of tetrazole rings is 1. The summed E-state index contributed by atoms with van der Waals surface area (Å²) >= 11 is 0. The number of rotatable bonds is 2. The molecule has 2 heterocycles. The van der Waals surface area contributed by atoms with E-state index in [9.17, 15) is 0 Å². The molecule has 2 aromatic heterocycles. The summed E-state index contributed by atoms with van der Waals surface area (Å²) < 4.78 is 1.66. The lowest BCUT2D eigenvalue weighted by atomic mass is 10.3. The Morgan fingerprint density at radius 2 is 2.29 bits per heavy atom. The van der Waals surface area contributed by atoms with E-state index in [0.717, 1.165) is 5.82 Å². The highest BCUT2D eigenvalue weighted by molar-refractivity contribution is 5.46. The van der Waals surface area contributed by atoms with Crippen molar-refractivity contribution in [1.29, 1.82) is 0 Å². The Kier molecular flexibility index (Phi) is 1.31. The minimum atomic E-state index is 0.210. The molecule has 0 aromatic carbocycles. The second kappa shape index (κ2) is 2.40. The van der Waals surface area contributed by atoms with Gasteiger partial charge in [-0.3, -0.25) is 4.98 Å². The molecule has 0 saturated heterocycles. The molecule has 0 amide bonds. The van der Waals surface area contributed by atoms with E-state index in [1.807, 2.05) is 0 Å². The van der Waals surface area contributed by atoms with Crippen molar-refractivity contribution in [2.45, 2.75) is 25.3 Å². The van der Waals surface area contributed by atoms with Crippen molar-refractivity contribution in [3.05, 3.63) is 12.4 Å². The third-order valence-electron chi connectivity index (χ3n) is 2.54. The molecule has 72 valence electrons. The zero-order valence-corrected chi connectivity index (χ0v) is 7.80. The third kappa shape index (κ3) is 1.11. The van der Waals surface area contributed by atoms with E-state index in [-0.39, 0.29) is 5.54 Å². The van der Waals surface area contributed by atoms with E-state index in [2.05, 4.69) is 32.7 Å². The molecule has 0 unspecified atom stereocenters. The summed E-state index contributed by atoms with van der Waals surface area (Å²) in [6.07, 6.45) is 5.75. The van der Waals surface area contributed by atoms with E-state index < -0.39 is 0 Å². The Labute approximate surface area is 80.3 Å². The molecule has 1 aliphatic carbocycles. The molecule has 0 atom stereocenters. The van der Waals surface area contributed by atoms with Crippen molar-refractivity contribution in [3.8, 4) is 0 Å². The predicted octanol–water partition coefficient (Wildman–Crippen LogP) is 0.484. The summed E-state index contributed by atoms with van der Waals surface area (Å²) in [5.74, 6) is 0.854. The largest absolute Gasteiger partial charge is 0.363 e. The van der Waals surface area contributed by atoms with Gasteiger partial charge in [0.05, 0.1) is 12.4 Å². The van der Waals surface area contributed by atoms with Crippen molar-refractivity contribution >= 4 is 11.5 Å². The standard InChI is InChI=1S/C8H10N6/c1-8(2-3-8)10-6-4-9-5-7-11-12-13-14(6)7/h4-5,10H,2-3H2,1H3. The van der Waals surface area contributed by atoms with Crippen LogP contribution in [-0.4, -0.2) is 30.6 Å². The molecule has 0 aliphatic heterocycles. The molecule has 6 nitrogen and oxygen atoms in total. The van der Waals surface area contributed by atoms with Crippen molar-refractivity contribution in [1.82, 2.24) is 25.0 Å². The van der Waals surface area contributed by atoms with E-state index in [0.29, 0.717) is 5.65 Å².